The van der Waals surface area contributed by atoms with Crippen LogP contribution in [0, 0.1) is 11.6 Å². The van der Waals surface area contributed by atoms with Crippen LogP contribution in [0.4, 0.5) is 32.0 Å². The fraction of sp³-hybridized carbons (Fsp3) is 0.364. The van der Waals surface area contributed by atoms with Crippen molar-refractivity contribution in [2.24, 2.45) is 0 Å². The molecule has 0 bridgehead atoms. The minimum absolute atomic E-state index is 0.0181. The van der Waals surface area contributed by atoms with Crippen molar-refractivity contribution in [1.82, 2.24) is 4.90 Å². The first kappa shape index (κ1) is 23.9. The van der Waals surface area contributed by atoms with E-state index in [4.69, 9.17) is 4.74 Å². The monoisotopic (exact) mass is 488 g/mol. The van der Waals surface area contributed by atoms with Crippen molar-refractivity contribution in [3.05, 3.63) is 59.7 Å². The number of piperazine rings is 1. The van der Waals surface area contributed by atoms with Crippen LogP contribution in [-0.2, 0) is 19.9 Å². The van der Waals surface area contributed by atoms with Crippen molar-refractivity contribution in [2.45, 2.75) is 31.1 Å². The molecule has 0 aromatic heterocycles. The molecule has 2 heterocycles. The molecule has 0 radical (unpaired) electrons. The van der Waals surface area contributed by atoms with Gasteiger partial charge in [0.15, 0.2) is 0 Å². The van der Waals surface area contributed by atoms with E-state index in [1.165, 1.54) is 23.1 Å². The number of ether oxygens (including phenoxy) is 2. The Kier molecular flexibility index (Phi) is 5.96. The van der Waals surface area contributed by atoms with Crippen LogP contribution in [-0.4, -0.2) is 55.0 Å². The number of amides is 2. The maximum atomic E-state index is 14.4. The van der Waals surface area contributed by atoms with E-state index in [1.54, 1.807) is 6.92 Å². The largest absolute Gasteiger partial charge is 0.461 e. The smallest absolute Gasteiger partial charge is 0.428 e. The number of rotatable bonds is 7. The van der Waals surface area contributed by atoms with Crippen molar-refractivity contribution in [1.29, 1.82) is 0 Å². The molecule has 2 aromatic carbocycles. The van der Waals surface area contributed by atoms with Gasteiger partial charge in [0.05, 0.1) is 12.6 Å². The van der Waals surface area contributed by atoms with Gasteiger partial charge in [-0.2, -0.15) is 17.6 Å². The summed E-state index contributed by atoms with van der Waals surface area (Å²) in [6.45, 7) is 1.72. The van der Waals surface area contributed by atoms with E-state index in [9.17, 15) is 35.9 Å². The molecule has 0 saturated carbocycles. The van der Waals surface area contributed by atoms with Crippen LogP contribution in [0.3, 0.4) is 0 Å². The van der Waals surface area contributed by atoms with Gasteiger partial charge in [-0.25, -0.2) is 8.78 Å². The summed E-state index contributed by atoms with van der Waals surface area (Å²) in [5.41, 5.74) is -0.981. The summed E-state index contributed by atoms with van der Waals surface area (Å²) in [6.07, 6.45) is -8.71. The number of carbonyl (C=O) groups is 2. The van der Waals surface area contributed by atoms with Gasteiger partial charge < -0.3 is 19.3 Å². The summed E-state index contributed by atoms with van der Waals surface area (Å²) < 4.78 is 87.8. The van der Waals surface area contributed by atoms with Gasteiger partial charge in [-0.3, -0.25) is 9.59 Å². The molecule has 2 aromatic rings. The van der Waals surface area contributed by atoms with Crippen LogP contribution in [0.1, 0.15) is 12.5 Å². The molecular formula is C22H18F6N2O4. The second-order valence-corrected chi connectivity index (χ2v) is 7.89. The molecule has 0 spiro atoms. The van der Waals surface area contributed by atoms with Gasteiger partial charge in [-0.05, 0) is 37.3 Å². The third-order valence-electron chi connectivity index (χ3n) is 5.89. The van der Waals surface area contributed by atoms with E-state index in [0.29, 0.717) is 6.07 Å². The lowest BCUT2D eigenvalue weighted by Gasteiger charge is -2.39. The van der Waals surface area contributed by atoms with Crippen LogP contribution in [0.15, 0.2) is 42.5 Å². The van der Waals surface area contributed by atoms with Crippen LogP contribution < -0.4 is 9.64 Å². The Labute approximate surface area is 189 Å². The van der Waals surface area contributed by atoms with E-state index in [1.807, 2.05) is 0 Å². The first-order valence-corrected chi connectivity index (χ1v) is 10.1. The Morgan fingerprint density at radius 3 is 2.24 bits per heavy atom. The average molecular weight is 488 g/mol. The number of hydrogen-bond acceptors (Lipinski definition) is 4. The first-order chi connectivity index (χ1) is 16.0. The maximum absolute atomic E-state index is 14.4. The van der Waals surface area contributed by atoms with Gasteiger partial charge in [0.1, 0.15) is 23.0 Å². The van der Waals surface area contributed by atoms with E-state index in [2.05, 4.69) is 4.74 Å². The van der Waals surface area contributed by atoms with Crippen LogP contribution in [0.25, 0.3) is 0 Å². The number of benzene rings is 2. The minimum atomic E-state index is -4.68. The molecular weight excluding hydrogens is 470 g/mol. The third-order valence-corrected chi connectivity index (χ3v) is 5.89. The highest BCUT2D eigenvalue weighted by molar-refractivity contribution is 6.41. The molecule has 0 aliphatic carbocycles. The zero-order valence-electron chi connectivity index (χ0n) is 17.6. The Morgan fingerprint density at radius 2 is 1.68 bits per heavy atom. The van der Waals surface area contributed by atoms with Crippen molar-refractivity contribution >= 4 is 17.5 Å². The zero-order valence-corrected chi connectivity index (χ0v) is 17.6. The van der Waals surface area contributed by atoms with Gasteiger partial charge in [-0.1, -0.05) is 6.07 Å². The van der Waals surface area contributed by atoms with Gasteiger partial charge in [0.2, 0.25) is 0 Å². The molecule has 2 aliphatic rings. The number of nitrogens with zero attached hydrogens (tertiary/aromatic N) is 2. The van der Waals surface area contributed by atoms with Crippen molar-refractivity contribution < 1.29 is 45.4 Å². The molecule has 0 N–H and O–H groups in total. The molecule has 4 rings (SSSR count). The summed E-state index contributed by atoms with van der Waals surface area (Å²) in [5, 5.41) is 0. The summed E-state index contributed by atoms with van der Waals surface area (Å²) in [6, 6.07) is 6.58. The lowest BCUT2D eigenvalue weighted by molar-refractivity contribution is -0.253. The topological polar surface area (TPSA) is 62.4 Å². The van der Waals surface area contributed by atoms with Crippen molar-refractivity contribution in [3.63, 3.8) is 0 Å². The summed E-state index contributed by atoms with van der Waals surface area (Å²) in [4.78, 5) is 27.9. The maximum Gasteiger partial charge on any atom is 0.461 e. The summed E-state index contributed by atoms with van der Waals surface area (Å²) in [7, 11) is 0. The number of epoxide rings is 1. The molecule has 2 fully saturated rings. The fourth-order valence-corrected chi connectivity index (χ4v) is 3.94. The number of carbonyl (C=O) groups excluding carboxylic acids is 2. The highest BCUT2D eigenvalue weighted by Gasteiger charge is 2.56. The van der Waals surface area contributed by atoms with E-state index in [-0.39, 0.29) is 30.9 Å². The molecule has 0 unspecified atom stereocenters. The van der Waals surface area contributed by atoms with Gasteiger partial charge in [0.25, 0.3) is 0 Å². The molecule has 2 aliphatic heterocycles. The Hall–Kier alpha value is -3.28. The quantitative estimate of drug-likeness (QED) is 0.339. The molecule has 12 heteroatoms. The van der Waals surface area contributed by atoms with Crippen LogP contribution >= 0.6 is 0 Å². The Morgan fingerprint density at radius 1 is 1.03 bits per heavy atom. The van der Waals surface area contributed by atoms with Gasteiger partial charge in [-0.15, -0.1) is 0 Å². The second kappa shape index (κ2) is 8.49. The number of anilines is 1. The van der Waals surface area contributed by atoms with Crippen LogP contribution in [0.2, 0.25) is 0 Å². The molecule has 2 amide bonds. The highest BCUT2D eigenvalue weighted by Crippen LogP contribution is 2.45. The molecule has 6 nitrogen and oxygen atoms in total. The van der Waals surface area contributed by atoms with Gasteiger partial charge >= 0.3 is 24.3 Å². The lowest BCUT2D eigenvalue weighted by Crippen LogP contribution is -2.59. The minimum Gasteiger partial charge on any atom is -0.428 e. The summed E-state index contributed by atoms with van der Waals surface area (Å²) >= 11 is 0. The predicted octanol–water partition coefficient (Wildman–Crippen LogP) is 3.69. The third kappa shape index (κ3) is 4.17. The number of hydrogen-bond donors (Lipinski definition) is 0. The van der Waals surface area contributed by atoms with Crippen LogP contribution in [0.5, 0.6) is 5.75 Å². The average Bonchev–Trinajstić information content (AvgIpc) is 3.57. The van der Waals surface area contributed by atoms with E-state index in [0.717, 1.165) is 23.1 Å². The predicted molar refractivity (Wildman–Crippen MR) is 106 cm³/mol. The zero-order chi connectivity index (χ0) is 24.8. The standard InChI is InChI=1S/C22H18F6N2O4/c1-12(21(11-33-21)16-7-2-13(23)10-17(16)24)29-8-9-30(19(32)18(29)31)14-3-5-15(6-4-14)34-22(27,28)20(25)26/h2-7,10,12,20H,8-9,11H2,1H3/t12-,21-/m1/s1. The SMILES string of the molecule is C[C@@H](N1CCN(c2ccc(OC(F)(F)C(F)F)cc2)C(=O)C1=O)[C@@]1(c2ccc(F)cc2F)CO1. The lowest BCUT2D eigenvalue weighted by atomic mass is 9.90. The molecule has 2 saturated heterocycles. The Balaban J connectivity index is 1.48. The summed E-state index contributed by atoms with van der Waals surface area (Å²) in [5.74, 6) is -3.98. The van der Waals surface area contributed by atoms with E-state index < -0.39 is 53.4 Å². The number of halogens is 6. The normalized spacial score (nSPS) is 21.8. The first-order valence-electron chi connectivity index (χ1n) is 10.1. The molecule has 34 heavy (non-hydrogen) atoms. The van der Waals surface area contributed by atoms with Crippen molar-refractivity contribution in [3.8, 4) is 5.75 Å². The molecule has 2 atom stereocenters. The Bertz CT molecular complexity index is 1110. The second-order valence-electron chi connectivity index (χ2n) is 7.89. The molecule has 182 valence electrons. The fourth-order valence-electron chi connectivity index (χ4n) is 3.94. The number of alkyl halides is 4. The highest BCUT2D eigenvalue weighted by atomic mass is 19.3. The van der Waals surface area contributed by atoms with Gasteiger partial charge in [0, 0.05) is 30.4 Å². The van der Waals surface area contributed by atoms with Crippen molar-refractivity contribution in [2.75, 3.05) is 24.6 Å². The van der Waals surface area contributed by atoms with E-state index >= 15 is 0 Å².